The van der Waals surface area contributed by atoms with Crippen LogP contribution in [0.5, 0.6) is 0 Å². The Hall–Kier alpha value is -1.35. The van der Waals surface area contributed by atoms with Crippen molar-refractivity contribution in [2.45, 2.75) is 57.5 Å². The van der Waals surface area contributed by atoms with Gasteiger partial charge < -0.3 is 5.32 Å². The molecule has 2 fully saturated rings. The molecule has 0 bridgehead atoms. The van der Waals surface area contributed by atoms with Crippen LogP contribution in [0.1, 0.15) is 49.7 Å². The van der Waals surface area contributed by atoms with Gasteiger partial charge in [0.25, 0.3) is 0 Å². The first kappa shape index (κ1) is 23.3. The zero-order valence-electron chi connectivity index (χ0n) is 16.5. The number of benzene rings is 1. The highest BCUT2D eigenvalue weighted by Gasteiger charge is 2.54. The molecule has 0 amide bonds. The molecule has 2 atom stereocenters. The summed E-state index contributed by atoms with van der Waals surface area (Å²) >= 11 is 0. The highest BCUT2D eigenvalue weighted by atomic mass is 19.4. The van der Waals surface area contributed by atoms with Crippen LogP contribution in [0.25, 0.3) is 0 Å². The monoisotopic (exact) mass is 441 g/mol. The number of hydrogen-bond donors (Lipinski definition) is 1. The Morgan fingerprint density at radius 2 is 1.77 bits per heavy atom. The van der Waals surface area contributed by atoms with Gasteiger partial charge >= 0.3 is 12.5 Å². The molecule has 1 N–H and O–H groups in total. The molecule has 3 rings (SSSR count). The third kappa shape index (κ3) is 6.33. The number of rotatable bonds is 8. The Morgan fingerprint density at radius 1 is 1.07 bits per heavy atom. The van der Waals surface area contributed by atoms with E-state index in [1.807, 2.05) is 0 Å². The van der Waals surface area contributed by atoms with E-state index in [-0.39, 0.29) is 29.7 Å². The van der Waals surface area contributed by atoms with E-state index in [9.17, 15) is 30.7 Å². The van der Waals surface area contributed by atoms with Gasteiger partial charge in [-0.2, -0.15) is 13.2 Å². The van der Waals surface area contributed by atoms with Crippen LogP contribution in [0.4, 0.5) is 30.7 Å². The summed E-state index contributed by atoms with van der Waals surface area (Å²) in [4.78, 5) is 0. The zero-order chi connectivity index (χ0) is 22.0. The van der Waals surface area contributed by atoms with E-state index >= 15 is 0 Å². The summed E-state index contributed by atoms with van der Waals surface area (Å²) in [5.41, 5.74) is -1.19. The van der Waals surface area contributed by atoms with Gasteiger partial charge in [0, 0.05) is 0 Å². The van der Waals surface area contributed by atoms with Gasteiger partial charge in [0.05, 0.1) is 12.2 Å². The third-order valence-electron chi connectivity index (χ3n) is 6.44. The molecule has 1 aromatic carbocycles. The second kappa shape index (κ2) is 9.02. The second-order valence-electron chi connectivity index (χ2n) is 8.56. The molecule has 1 aromatic rings. The summed E-state index contributed by atoms with van der Waals surface area (Å²) < 4.78 is 94.0. The normalized spacial score (nSPS) is 25.5. The molecule has 1 aliphatic heterocycles. The van der Waals surface area contributed by atoms with Crippen LogP contribution in [-0.2, 0) is 17.3 Å². The van der Waals surface area contributed by atoms with Crippen molar-refractivity contribution in [1.82, 2.24) is 5.32 Å². The largest absolute Gasteiger partial charge is 0.522 e. The molecule has 1 aliphatic carbocycles. The van der Waals surface area contributed by atoms with E-state index in [2.05, 4.69) is 10.1 Å². The van der Waals surface area contributed by atoms with Crippen molar-refractivity contribution >= 4 is 0 Å². The SMILES string of the molecule is Fc1ccc(CC2CC2(CCCOC(F)(F)F)CC2CCNCC2)c(C(F)(F)F)c1. The van der Waals surface area contributed by atoms with Crippen LogP contribution in [0.15, 0.2) is 18.2 Å². The summed E-state index contributed by atoms with van der Waals surface area (Å²) in [7, 11) is 0. The van der Waals surface area contributed by atoms with E-state index in [4.69, 9.17) is 0 Å². The zero-order valence-corrected chi connectivity index (χ0v) is 16.5. The molecule has 0 aromatic heterocycles. The molecule has 0 radical (unpaired) electrons. The van der Waals surface area contributed by atoms with Gasteiger partial charge in [-0.3, -0.25) is 4.74 Å². The fourth-order valence-electron chi connectivity index (χ4n) is 4.91. The molecule has 30 heavy (non-hydrogen) atoms. The Bertz CT molecular complexity index is 712. The minimum atomic E-state index is -4.68. The minimum absolute atomic E-state index is 0.0487. The number of ether oxygens (including phenoxy) is 1. The van der Waals surface area contributed by atoms with Gasteiger partial charge in [-0.05, 0) is 93.0 Å². The average Bonchev–Trinajstić information content (AvgIpc) is 3.31. The molecular weight excluding hydrogens is 415 g/mol. The number of nitrogens with one attached hydrogen (secondary N) is 1. The highest BCUT2D eigenvalue weighted by Crippen LogP contribution is 2.62. The van der Waals surface area contributed by atoms with E-state index in [1.165, 1.54) is 6.07 Å². The van der Waals surface area contributed by atoms with Crippen molar-refractivity contribution in [3.63, 3.8) is 0 Å². The van der Waals surface area contributed by atoms with E-state index in [0.717, 1.165) is 38.4 Å². The Labute approximate surface area is 171 Å². The lowest BCUT2D eigenvalue weighted by Gasteiger charge is -2.28. The topological polar surface area (TPSA) is 21.3 Å². The Kier molecular flexibility index (Phi) is 7.01. The van der Waals surface area contributed by atoms with Crippen molar-refractivity contribution in [2.75, 3.05) is 19.7 Å². The predicted octanol–water partition coefficient (Wildman–Crippen LogP) is 6.10. The summed E-state index contributed by atoms with van der Waals surface area (Å²) in [5.74, 6) is -0.577. The minimum Gasteiger partial charge on any atom is -0.317 e. The van der Waals surface area contributed by atoms with Crippen molar-refractivity contribution < 1.29 is 35.5 Å². The van der Waals surface area contributed by atoms with E-state index < -0.39 is 30.5 Å². The summed E-state index contributed by atoms with van der Waals surface area (Å²) in [6, 6.07) is 2.72. The van der Waals surface area contributed by atoms with Crippen LogP contribution in [0.2, 0.25) is 0 Å². The quantitative estimate of drug-likeness (QED) is 0.389. The van der Waals surface area contributed by atoms with Crippen LogP contribution >= 0.6 is 0 Å². The molecule has 1 saturated heterocycles. The highest BCUT2D eigenvalue weighted by molar-refractivity contribution is 5.32. The maximum absolute atomic E-state index is 13.4. The van der Waals surface area contributed by atoms with Gasteiger partial charge in [0.15, 0.2) is 0 Å². The lowest BCUT2D eigenvalue weighted by atomic mass is 9.81. The van der Waals surface area contributed by atoms with Crippen LogP contribution in [-0.4, -0.2) is 26.1 Å². The van der Waals surface area contributed by atoms with Crippen LogP contribution in [0, 0.1) is 23.1 Å². The fraction of sp³-hybridized carbons (Fsp3) is 0.714. The maximum atomic E-state index is 13.4. The van der Waals surface area contributed by atoms with Crippen molar-refractivity contribution in [1.29, 1.82) is 0 Å². The Balaban J connectivity index is 1.69. The maximum Gasteiger partial charge on any atom is 0.522 e. The number of alkyl halides is 6. The van der Waals surface area contributed by atoms with Gasteiger partial charge in [-0.1, -0.05) is 6.07 Å². The van der Waals surface area contributed by atoms with Gasteiger partial charge in [-0.15, -0.1) is 13.2 Å². The average molecular weight is 441 g/mol. The molecule has 9 heteroatoms. The lowest BCUT2D eigenvalue weighted by Crippen LogP contribution is -2.29. The van der Waals surface area contributed by atoms with Gasteiger partial charge in [-0.25, -0.2) is 4.39 Å². The Morgan fingerprint density at radius 3 is 2.40 bits per heavy atom. The molecule has 2 aliphatic rings. The predicted molar refractivity (Wildman–Crippen MR) is 97.1 cm³/mol. The molecule has 0 spiro atoms. The van der Waals surface area contributed by atoms with Crippen molar-refractivity contribution in [2.24, 2.45) is 17.3 Å². The van der Waals surface area contributed by atoms with Crippen LogP contribution < -0.4 is 5.32 Å². The number of piperidine rings is 1. The number of halogens is 7. The first-order chi connectivity index (χ1) is 14.0. The molecule has 2 unspecified atom stereocenters. The van der Waals surface area contributed by atoms with Crippen LogP contribution in [0.3, 0.4) is 0 Å². The standard InChI is InChI=1S/C21H26F7NO/c22-17-3-2-15(18(11-17)20(23,24)25)10-16-13-19(16,6-1-9-30-21(26,27)28)12-14-4-7-29-8-5-14/h2-3,11,14,16,29H,1,4-10,12-13H2. The van der Waals surface area contributed by atoms with Gasteiger partial charge in [0.2, 0.25) is 0 Å². The summed E-state index contributed by atoms with van der Waals surface area (Å²) in [5, 5.41) is 3.26. The first-order valence-electron chi connectivity index (χ1n) is 10.3. The van der Waals surface area contributed by atoms with E-state index in [1.54, 1.807) is 0 Å². The first-order valence-corrected chi connectivity index (χ1v) is 10.3. The molecule has 170 valence electrons. The fourth-order valence-corrected chi connectivity index (χ4v) is 4.91. The lowest BCUT2D eigenvalue weighted by molar-refractivity contribution is -0.324. The third-order valence-corrected chi connectivity index (χ3v) is 6.44. The summed E-state index contributed by atoms with van der Waals surface area (Å²) in [6.07, 6.45) is -5.09. The molecule has 1 saturated carbocycles. The molecule has 2 nitrogen and oxygen atoms in total. The molecule has 1 heterocycles. The number of hydrogen-bond acceptors (Lipinski definition) is 2. The van der Waals surface area contributed by atoms with E-state index in [0.29, 0.717) is 24.8 Å². The van der Waals surface area contributed by atoms with Crippen molar-refractivity contribution in [3.8, 4) is 0 Å². The molecular formula is C21H26F7NO. The summed E-state index contributed by atoms with van der Waals surface area (Å²) in [6.45, 7) is 1.30. The second-order valence-corrected chi connectivity index (χ2v) is 8.56. The smallest absolute Gasteiger partial charge is 0.317 e. The van der Waals surface area contributed by atoms with Crippen molar-refractivity contribution in [3.05, 3.63) is 35.1 Å². The van der Waals surface area contributed by atoms with Gasteiger partial charge in [0.1, 0.15) is 5.82 Å².